The molecule has 0 bridgehead atoms. The molecule has 0 radical (unpaired) electrons. The molecule has 2 saturated carbocycles. The van der Waals surface area contributed by atoms with Gasteiger partial charge in [0.2, 0.25) is 0 Å². The van der Waals surface area contributed by atoms with Gasteiger partial charge in [0.15, 0.2) is 0 Å². The zero-order chi connectivity index (χ0) is 8.67. The molecule has 0 aromatic rings. The van der Waals surface area contributed by atoms with Gasteiger partial charge in [0.05, 0.1) is 0 Å². The van der Waals surface area contributed by atoms with Gasteiger partial charge in [-0.25, -0.2) is 0 Å². The van der Waals surface area contributed by atoms with Crippen LogP contribution < -0.4 is 0 Å². The minimum atomic E-state index is 0.969. The second-order valence-electron chi connectivity index (χ2n) is 4.77. The number of allylic oxidation sites excluding steroid dienone is 4. The van der Waals surface area contributed by atoms with E-state index in [2.05, 4.69) is 6.08 Å². The van der Waals surface area contributed by atoms with Crippen LogP contribution in [-0.4, -0.2) is 0 Å². The summed E-state index contributed by atoms with van der Waals surface area (Å²) >= 11 is 0. The fourth-order valence-corrected chi connectivity index (χ4v) is 3.38. The Hall–Kier alpha value is -0.520. The zero-order valence-corrected chi connectivity index (χ0v) is 8.31. The Kier molecular flexibility index (Phi) is 1.81. The Morgan fingerprint density at radius 2 is 1.92 bits per heavy atom. The molecule has 1 atom stereocenters. The standard InChI is InChI=1S/C13H18/c1-2-6-12-10(4-1)8-9-11-5-3-7-13(11)12/h8,11H,1-7,9H2/t11-/m1/s1. The molecule has 0 amide bonds. The molecule has 2 fully saturated rings. The zero-order valence-electron chi connectivity index (χ0n) is 8.31. The van der Waals surface area contributed by atoms with Crippen LogP contribution in [0.25, 0.3) is 0 Å². The van der Waals surface area contributed by atoms with Crippen LogP contribution >= 0.6 is 0 Å². The third-order valence-electron chi connectivity index (χ3n) is 4.04. The van der Waals surface area contributed by atoms with Crippen LogP contribution in [0.3, 0.4) is 0 Å². The molecule has 0 spiro atoms. The Balaban J connectivity index is 2.00. The lowest BCUT2D eigenvalue weighted by molar-refractivity contribution is 0.587. The van der Waals surface area contributed by atoms with E-state index in [1.54, 1.807) is 11.1 Å². The van der Waals surface area contributed by atoms with Gasteiger partial charge in [0, 0.05) is 0 Å². The quantitative estimate of drug-likeness (QED) is 0.521. The first kappa shape index (κ1) is 7.84. The monoisotopic (exact) mass is 174 g/mol. The van der Waals surface area contributed by atoms with Gasteiger partial charge in [-0.1, -0.05) is 11.6 Å². The maximum absolute atomic E-state index is 2.55. The van der Waals surface area contributed by atoms with Crippen molar-refractivity contribution in [3.63, 3.8) is 0 Å². The third-order valence-corrected chi connectivity index (χ3v) is 4.04. The van der Waals surface area contributed by atoms with Gasteiger partial charge in [-0.3, -0.25) is 0 Å². The predicted octanol–water partition coefficient (Wildman–Crippen LogP) is 3.99. The number of hydrogen-bond acceptors (Lipinski definition) is 0. The Morgan fingerprint density at radius 1 is 1.00 bits per heavy atom. The lowest BCUT2D eigenvalue weighted by atomic mass is 9.78. The average molecular weight is 174 g/mol. The van der Waals surface area contributed by atoms with Crippen LogP contribution in [-0.2, 0) is 0 Å². The smallest absolute Gasteiger partial charge is 0.0162 e. The van der Waals surface area contributed by atoms with E-state index >= 15 is 0 Å². The summed E-state index contributed by atoms with van der Waals surface area (Å²) < 4.78 is 0. The maximum atomic E-state index is 2.55. The van der Waals surface area contributed by atoms with E-state index in [-0.39, 0.29) is 0 Å². The highest BCUT2D eigenvalue weighted by atomic mass is 14.3. The van der Waals surface area contributed by atoms with Crippen molar-refractivity contribution >= 4 is 0 Å². The molecule has 3 rings (SSSR count). The Labute approximate surface area is 80.7 Å². The largest absolute Gasteiger partial charge is 0.0804 e. The minimum absolute atomic E-state index is 0.969. The van der Waals surface area contributed by atoms with Crippen molar-refractivity contribution < 1.29 is 0 Å². The first-order chi connectivity index (χ1) is 6.45. The molecule has 0 heteroatoms. The summed E-state index contributed by atoms with van der Waals surface area (Å²) in [5.74, 6) is 0.969. The van der Waals surface area contributed by atoms with E-state index in [0.717, 1.165) is 5.92 Å². The molecular formula is C13H18. The molecule has 0 aromatic heterocycles. The molecule has 0 aliphatic heterocycles. The van der Waals surface area contributed by atoms with E-state index < -0.39 is 0 Å². The number of rotatable bonds is 0. The summed E-state index contributed by atoms with van der Waals surface area (Å²) in [6.07, 6.45) is 14.0. The van der Waals surface area contributed by atoms with Crippen LogP contribution in [0.5, 0.6) is 0 Å². The van der Waals surface area contributed by atoms with Crippen LogP contribution in [0.1, 0.15) is 51.4 Å². The number of hydrogen-bond donors (Lipinski definition) is 0. The average Bonchev–Trinajstić information content (AvgIpc) is 2.65. The minimum Gasteiger partial charge on any atom is -0.0804 e. The van der Waals surface area contributed by atoms with Crippen molar-refractivity contribution in [2.24, 2.45) is 5.92 Å². The molecule has 0 saturated heterocycles. The summed E-state index contributed by atoms with van der Waals surface area (Å²) in [5.41, 5.74) is 5.41. The van der Waals surface area contributed by atoms with Gasteiger partial charge in [0.25, 0.3) is 0 Å². The molecule has 3 aliphatic carbocycles. The van der Waals surface area contributed by atoms with Gasteiger partial charge in [-0.05, 0) is 68.4 Å². The van der Waals surface area contributed by atoms with Crippen LogP contribution in [0.4, 0.5) is 0 Å². The summed E-state index contributed by atoms with van der Waals surface area (Å²) in [5, 5.41) is 0. The van der Waals surface area contributed by atoms with Crippen LogP contribution in [0.15, 0.2) is 22.8 Å². The molecule has 0 N–H and O–H groups in total. The van der Waals surface area contributed by atoms with Crippen LogP contribution in [0, 0.1) is 5.92 Å². The molecule has 0 aromatic carbocycles. The summed E-state index contributed by atoms with van der Waals surface area (Å²) in [6, 6.07) is 0. The van der Waals surface area contributed by atoms with E-state index in [4.69, 9.17) is 0 Å². The molecule has 3 aliphatic rings. The Morgan fingerprint density at radius 3 is 2.92 bits per heavy atom. The topological polar surface area (TPSA) is 0 Å². The van der Waals surface area contributed by atoms with Gasteiger partial charge >= 0.3 is 0 Å². The lowest BCUT2D eigenvalue weighted by Gasteiger charge is -2.27. The lowest BCUT2D eigenvalue weighted by Crippen LogP contribution is -2.10. The molecule has 0 heterocycles. The second-order valence-corrected chi connectivity index (χ2v) is 4.77. The maximum Gasteiger partial charge on any atom is -0.0162 e. The third kappa shape index (κ3) is 1.19. The number of fused-ring (bicyclic) bond motifs is 2. The van der Waals surface area contributed by atoms with Gasteiger partial charge in [-0.15, -0.1) is 0 Å². The van der Waals surface area contributed by atoms with E-state index in [9.17, 15) is 0 Å². The SMILES string of the molecule is C1=C2CCCCC2=C2CCC[C@@H]2C1. The molecule has 0 nitrogen and oxygen atoms in total. The summed E-state index contributed by atoms with van der Waals surface area (Å²) in [4.78, 5) is 0. The van der Waals surface area contributed by atoms with Gasteiger partial charge in [-0.2, -0.15) is 0 Å². The summed E-state index contributed by atoms with van der Waals surface area (Å²) in [7, 11) is 0. The molecule has 13 heavy (non-hydrogen) atoms. The highest BCUT2D eigenvalue weighted by Gasteiger charge is 2.28. The van der Waals surface area contributed by atoms with Gasteiger partial charge in [0.1, 0.15) is 0 Å². The van der Waals surface area contributed by atoms with Crippen molar-refractivity contribution in [1.29, 1.82) is 0 Å². The van der Waals surface area contributed by atoms with Crippen molar-refractivity contribution in [2.75, 3.05) is 0 Å². The summed E-state index contributed by atoms with van der Waals surface area (Å²) in [6.45, 7) is 0. The highest BCUT2D eigenvalue weighted by Crippen LogP contribution is 2.45. The Bertz CT molecular complexity index is 280. The van der Waals surface area contributed by atoms with Crippen molar-refractivity contribution in [3.8, 4) is 0 Å². The fraction of sp³-hybridized carbons (Fsp3) is 0.692. The van der Waals surface area contributed by atoms with Crippen LogP contribution in [0.2, 0.25) is 0 Å². The predicted molar refractivity (Wildman–Crippen MR) is 55.5 cm³/mol. The van der Waals surface area contributed by atoms with E-state index in [0.29, 0.717) is 0 Å². The van der Waals surface area contributed by atoms with E-state index in [1.165, 1.54) is 51.4 Å². The molecule has 0 unspecified atom stereocenters. The molecular weight excluding hydrogens is 156 g/mol. The first-order valence-corrected chi connectivity index (χ1v) is 5.86. The normalized spacial score (nSPS) is 32.6. The molecule has 70 valence electrons. The second kappa shape index (κ2) is 3.01. The van der Waals surface area contributed by atoms with Crippen molar-refractivity contribution in [1.82, 2.24) is 0 Å². The van der Waals surface area contributed by atoms with E-state index in [1.807, 2.05) is 5.57 Å². The van der Waals surface area contributed by atoms with Crippen molar-refractivity contribution in [3.05, 3.63) is 22.8 Å². The fourth-order valence-electron chi connectivity index (χ4n) is 3.38. The van der Waals surface area contributed by atoms with Gasteiger partial charge < -0.3 is 0 Å². The highest BCUT2D eigenvalue weighted by molar-refractivity contribution is 5.42. The first-order valence-electron chi connectivity index (χ1n) is 5.86. The van der Waals surface area contributed by atoms with Crippen molar-refractivity contribution in [2.45, 2.75) is 51.4 Å².